The predicted molar refractivity (Wildman–Crippen MR) is 78.9 cm³/mol. The fraction of sp³-hybridized carbons (Fsp3) is 0.500. The van der Waals surface area contributed by atoms with Gasteiger partial charge in [0.25, 0.3) is 0 Å². The summed E-state index contributed by atoms with van der Waals surface area (Å²) in [5, 5.41) is 29.3. The van der Waals surface area contributed by atoms with E-state index < -0.39 is 30.7 Å². The van der Waals surface area contributed by atoms with Crippen molar-refractivity contribution in [2.24, 2.45) is 0 Å². The molecule has 0 bridgehead atoms. The van der Waals surface area contributed by atoms with Crippen molar-refractivity contribution >= 4 is 0 Å². The first-order valence-corrected chi connectivity index (χ1v) is 7.18. The van der Waals surface area contributed by atoms with Crippen molar-refractivity contribution in [3.05, 3.63) is 48.6 Å². The molecule has 1 saturated heterocycles. The fourth-order valence-electron chi connectivity index (χ4n) is 2.39. The summed E-state index contributed by atoms with van der Waals surface area (Å²) in [6.45, 7) is 3.69. The third-order valence-corrected chi connectivity index (χ3v) is 3.50. The zero-order valence-electron chi connectivity index (χ0n) is 12.2. The molecule has 22 heavy (non-hydrogen) atoms. The van der Waals surface area contributed by atoms with Crippen LogP contribution in [0.3, 0.4) is 0 Å². The lowest BCUT2D eigenvalue weighted by atomic mass is 9.98. The highest BCUT2D eigenvalue weighted by Gasteiger charge is 2.45. The van der Waals surface area contributed by atoms with Crippen LogP contribution in [0.5, 0.6) is 0 Å². The number of aliphatic hydroxyl groups excluding tert-OH is 3. The van der Waals surface area contributed by atoms with E-state index in [9.17, 15) is 15.3 Å². The van der Waals surface area contributed by atoms with Gasteiger partial charge in [0.05, 0.1) is 19.8 Å². The Kier molecular flexibility index (Phi) is 6.50. The zero-order valence-corrected chi connectivity index (χ0v) is 12.2. The van der Waals surface area contributed by atoms with E-state index >= 15 is 0 Å². The van der Waals surface area contributed by atoms with Gasteiger partial charge in [-0.2, -0.15) is 0 Å². The van der Waals surface area contributed by atoms with Gasteiger partial charge in [0.1, 0.15) is 24.4 Å². The summed E-state index contributed by atoms with van der Waals surface area (Å²) < 4.78 is 16.4. The number of ether oxygens (including phenoxy) is 3. The van der Waals surface area contributed by atoms with Gasteiger partial charge >= 0.3 is 0 Å². The van der Waals surface area contributed by atoms with E-state index in [1.807, 2.05) is 30.3 Å². The Morgan fingerprint density at radius 1 is 1.14 bits per heavy atom. The fourth-order valence-corrected chi connectivity index (χ4v) is 2.39. The highest BCUT2D eigenvalue weighted by atomic mass is 16.7. The topological polar surface area (TPSA) is 88.4 Å². The second kappa shape index (κ2) is 8.38. The maximum Gasteiger partial charge on any atom is 0.184 e. The van der Waals surface area contributed by atoms with Crippen LogP contribution in [0.4, 0.5) is 0 Å². The van der Waals surface area contributed by atoms with Crippen molar-refractivity contribution in [2.75, 3.05) is 13.2 Å². The molecule has 6 nitrogen and oxygen atoms in total. The molecule has 2 rings (SSSR count). The molecule has 6 heteroatoms. The molecule has 0 unspecified atom stereocenters. The molecule has 0 radical (unpaired) electrons. The lowest BCUT2D eigenvalue weighted by Gasteiger charge is -2.42. The summed E-state index contributed by atoms with van der Waals surface area (Å²) >= 11 is 0. The lowest BCUT2D eigenvalue weighted by Crippen LogP contribution is -2.60. The van der Waals surface area contributed by atoms with Crippen LogP contribution in [0.15, 0.2) is 43.0 Å². The maximum absolute atomic E-state index is 10.1. The maximum atomic E-state index is 10.1. The highest BCUT2D eigenvalue weighted by molar-refractivity contribution is 5.13. The standard InChI is InChI=1S/C16H22O6/c1-2-8-20-14-12(9-17)22-16(19)13(18)15(14)21-10-11-6-4-3-5-7-11/h2-7,12-19H,1,8-10H2/t12-,13+,14-,15-,16+/m1/s1. The van der Waals surface area contributed by atoms with E-state index in [4.69, 9.17) is 14.2 Å². The van der Waals surface area contributed by atoms with Crippen LogP contribution in [0.2, 0.25) is 0 Å². The van der Waals surface area contributed by atoms with Crippen molar-refractivity contribution in [2.45, 2.75) is 37.3 Å². The van der Waals surface area contributed by atoms with E-state index in [0.717, 1.165) is 5.56 Å². The molecule has 0 aliphatic carbocycles. The molecule has 122 valence electrons. The molecule has 0 aromatic heterocycles. The third kappa shape index (κ3) is 4.13. The highest BCUT2D eigenvalue weighted by Crippen LogP contribution is 2.25. The van der Waals surface area contributed by atoms with E-state index in [0.29, 0.717) is 0 Å². The van der Waals surface area contributed by atoms with Crippen molar-refractivity contribution < 1.29 is 29.5 Å². The molecule has 1 aromatic rings. The van der Waals surface area contributed by atoms with Gasteiger partial charge in [-0.1, -0.05) is 36.4 Å². The van der Waals surface area contributed by atoms with Crippen molar-refractivity contribution in [3.63, 3.8) is 0 Å². The molecule has 0 saturated carbocycles. The Morgan fingerprint density at radius 2 is 1.86 bits per heavy atom. The molecule has 0 amide bonds. The minimum Gasteiger partial charge on any atom is -0.394 e. The lowest BCUT2D eigenvalue weighted by molar-refractivity contribution is -0.302. The summed E-state index contributed by atoms with van der Waals surface area (Å²) in [7, 11) is 0. The minimum absolute atomic E-state index is 0.221. The van der Waals surface area contributed by atoms with Crippen LogP contribution >= 0.6 is 0 Å². The first-order valence-electron chi connectivity index (χ1n) is 7.18. The molecular weight excluding hydrogens is 288 g/mol. The Labute approximate surface area is 129 Å². The van der Waals surface area contributed by atoms with Crippen molar-refractivity contribution in [1.82, 2.24) is 0 Å². The van der Waals surface area contributed by atoms with Gasteiger partial charge in [-0.15, -0.1) is 6.58 Å². The number of benzene rings is 1. The minimum atomic E-state index is -1.43. The summed E-state index contributed by atoms with van der Waals surface area (Å²) in [5.41, 5.74) is 0.929. The number of hydrogen-bond donors (Lipinski definition) is 3. The van der Waals surface area contributed by atoms with Crippen LogP contribution in [-0.4, -0.2) is 59.2 Å². The smallest absolute Gasteiger partial charge is 0.184 e. The molecule has 1 aliphatic heterocycles. The van der Waals surface area contributed by atoms with E-state index in [1.165, 1.54) is 0 Å². The van der Waals surface area contributed by atoms with E-state index in [1.54, 1.807) is 6.08 Å². The second-order valence-corrected chi connectivity index (χ2v) is 5.09. The number of rotatable bonds is 7. The van der Waals surface area contributed by atoms with Crippen LogP contribution in [0.1, 0.15) is 5.56 Å². The SMILES string of the molecule is C=CCO[C@H]1[C@H](OCc2ccccc2)[C@H](O)[C@@H](O)O[C@@H]1CO. The molecule has 1 fully saturated rings. The quantitative estimate of drug-likeness (QED) is 0.624. The molecule has 5 atom stereocenters. The Bertz CT molecular complexity index is 451. The average Bonchev–Trinajstić information content (AvgIpc) is 2.55. The van der Waals surface area contributed by atoms with Gasteiger partial charge in [-0.25, -0.2) is 0 Å². The Hall–Kier alpha value is -1.28. The first kappa shape index (κ1) is 17.1. The molecule has 1 aromatic carbocycles. The van der Waals surface area contributed by atoms with Crippen LogP contribution < -0.4 is 0 Å². The Morgan fingerprint density at radius 3 is 2.50 bits per heavy atom. The number of aliphatic hydroxyl groups is 3. The van der Waals surface area contributed by atoms with Crippen molar-refractivity contribution in [3.8, 4) is 0 Å². The average molecular weight is 310 g/mol. The normalized spacial score (nSPS) is 31.9. The van der Waals surface area contributed by atoms with Gasteiger partial charge in [-0.3, -0.25) is 0 Å². The number of hydrogen-bond acceptors (Lipinski definition) is 6. The largest absolute Gasteiger partial charge is 0.394 e. The predicted octanol–water partition coefficient (Wildman–Crippen LogP) is 0.213. The van der Waals surface area contributed by atoms with Crippen molar-refractivity contribution in [1.29, 1.82) is 0 Å². The van der Waals surface area contributed by atoms with Crippen LogP contribution in [-0.2, 0) is 20.8 Å². The van der Waals surface area contributed by atoms with E-state index in [-0.39, 0.29) is 19.8 Å². The van der Waals surface area contributed by atoms with Crippen LogP contribution in [0, 0.1) is 0 Å². The second-order valence-electron chi connectivity index (χ2n) is 5.09. The molecule has 0 spiro atoms. The molecule has 1 aliphatic rings. The summed E-state index contributed by atoms with van der Waals surface area (Å²) in [6, 6.07) is 9.46. The van der Waals surface area contributed by atoms with Gasteiger partial charge in [0, 0.05) is 0 Å². The van der Waals surface area contributed by atoms with Gasteiger partial charge in [0.2, 0.25) is 0 Å². The first-order chi connectivity index (χ1) is 10.7. The Balaban J connectivity index is 2.08. The molecular formula is C16H22O6. The van der Waals surface area contributed by atoms with Gasteiger partial charge in [0.15, 0.2) is 6.29 Å². The van der Waals surface area contributed by atoms with Gasteiger partial charge in [-0.05, 0) is 5.56 Å². The molecule has 1 heterocycles. The summed E-state index contributed by atoms with van der Waals surface area (Å²) in [5.74, 6) is 0. The van der Waals surface area contributed by atoms with Gasteiger partial charge < -0.3 is 29.5 Å². The summed E-state index contributed by atoms with van der Waals surface area (Å²) in [4.78, 5) is 0. The third-order valence-electron chi connectivity index (χ3n) is 3.50. The zero-order chi connectivity index (χ0) is 15.9. The van der Waals surface area contributed by atoms with Crippen LogP contribution in [0.25, 0.3) is 0 Å². The van der Waals surface area contributed by atoms with E-state index in [2.05, 4.69) is 6.58 Å². The summed E-state index contributed by atoms with van der Waals surface area (Å²) in [6.07, 6.45) is -3.44. The monoisotopic (exact) mass is 310 g/mol. The molecule has 3 N–H and O–H groups in total.